The van der Waals surface area contributed by atoms with Crippen LogP contribution in [0.25, 0.3) is 10.8 Å². The fraction of sp³-hybridized carbons (Fsp3) is 0.433. The summed E-state index contributed by atoms with van der Waals surface area (Å²) in [4.78, 5) is 15.1. The van der Waals surface area contributed by atoms with E-state index in [1.165, 1.54) is 41.3 Å². The van der Waals surface area contributed by atoms with Crippen molar-refractivity contribution < 1.29 is 26.7 Å². The highest BCUT2D eigenvalue weighted by molar-refractivity contribution is 9.10. The van der Waals surface area contributed by atoms with Gasteiger partial charge in [-0.1, -0.05) is 47.1 Å². The van der Waals surface area contributed by atoms with Gasteiger partial charge in [0.15, 0.2) is 6.04 Å². The molecule has 220 valence electrons. The van der Waals surface area contributed by atoms with Crippen LogP contribution >= 0.6 is 15.9 Å². The summed E-state index contributed by atoms with van der Waals surface area (Å²) in [6.07, 6.45) is 3.15. The van der Waals surface area contributed by atoms with Crippen LogP contribution in [0.15, 0.2) is 70.0 Å². The first-order valence-electron chi connectivity index (χ1n) is 13.8. The Labute approximate surface area is 247 Å². The maximum atomic E-state index is 16.2. The second kappa shape index (κ2) is 11.6. The lowest BCUT2D eigenvalue weighted by Gasteiger charge is -2.41. The van der Waals surface area contributed by atoms with Crippen LogP contribution in [0.5, 0.6) is 5.75 Å². The van der Waals surface area contributed by atoms with Crippen molar-refractivity contribution in [2.24, 2.45) is 5.73 Å². The van der Waals surface area contributed by atoms with Crippen molar-refractivity contribution in [3.8, 4) is 5.75 Å². The predicted octanol–water partition coefficient (Wildman–Crippen LogP) is 5.70. The zero-order valence-corrected chi connectivity index (χ0v) is 25.3. The molecule has 1 amide bonds. The van der Waals surface area contributed by atoms with E-state index in [1.807, 2.05) is 13.8 Å². The van der Waals surface area contributed by atoms with Crippen molar-refractivity contribution in [3.63, 3.8) is 0 Å². The van der Waals surface area contributed by atoms with Gasteiger partial charge in [0.05, 0.1) is 11.0 Å². The fourth-order valence-electron chi connectivity index (χ4n) is 5.83. The number of rotatable bonds is 9. The number of sulfonamides is 1. The van der Waals surface area contributed by atoms with Crippen LogP contribution in [-0.4, -0.2) is 49.5 Å². The molecule has 2 saturated heterocycles. The Balaban J connectivity index is 1.49. The normalized spacial score (nSPS) is 22.5. The number of hydrogen-bond donors (Lipinski definition) is 2. The summed E-state index contributed by atoms with van der Waals surface area (Å²) < 4.78 is 68.1. The van der Waals surface area contributed by atoms with Crippen molar-refractivity contribution in [2.45, 2.75) is 87.0 Å². The van der Waals surface area contributed by atoms with Crippen LogP contribution in [-0.2, 0) is 20.7 Å². The lowest BCUT2D eigenvalue weighted by atomic mass is 9.95. The third-order valence-electron chi connectivity index (χ3n) is 8.14. The number of fused-ring (bicyclic) bond motifs is 3. The van der Waals surface area contributed by atoms with Gasteiger partial charge in [0, 0.05) is 28.2 Å². The van der Waals surface area contributed by atoms with Crippen molar-refractivity contribution in [1.29, 1.82) is 0 Å². The lowest BCUT2D eigenvalue weighted by molar-refractivity contribution is -0.149. The molecule has 3 N–H and O–H groups in total. The van der Waals surface area contributed by atoms with Gasteiger partial charge in [-0.25, -0.2) is 8.42 Å². The summed E-state index contributed by atoms with van der Waals surface area (Å²) in [5.74, 6) is -4.12. The van der Waals surface area contributed by atoms with Gasteiger partial charge in [0.2, 0.25) is 15.9 Å². The highest BCUT2D eigenvalue weighted by Gasteiger charge is 2.53. The van der Waals surface area contributed by atoms with Gasteiger partial charge in [0.25, 0.3) is 5.92 Å². The first kappa shape index (κ1) is 29.9. The van der Waals surface area contributed by atoms with Gasteiger partial charge in [-0.3, -0.25) is 4.79 Å². The Hall–Kier alpha value is -2.60. The highest BCUT2D eigenvalue weighted by Crippen LogP contribution is 2.40. The van der Waals surface area contributed by atoms with E-state index >= 15 is 8.78 Å². The summed E-state index contributed by atoms with van der Waals surface area (Å²) in [5, 5.41) is 1.33. The number of nitrogens with zero attached hydrogens (tertiary/aromatic N) is 1. The molecule has 41 heavy (non-hydrogen) atoms. The van der Waals surface area contributed by atoms with Gasteiger partial charge >= 0.3 is 0 Å². The minimum atomic E-state index is -4.54. The van der Waals surface area contributed by atoms with E-state index in [0.717, 1.165) is 11.8 Å². The molecule has 2 aliphatic heterocycles. The SMILES string of the molecule is CCC(C)Oc1ccc2cc(S(=O)(=O)N[C@H](C(=O)N3C4CCC3CC(N)C4)C(F)(F)c3ccc(Br)cc3)ccc2c1. The van der Waals surface area contributed by atoms with Crippen LogP contribution in [0.1, 0.15) is 51.5 Å². The van der Waals surface area contributed by atoms with Gasteiger partial charge < -0.3 is 15.4 Å². The molecule has 0 spiro atoms. The Kier molecular flexibility index (Phi) is 8.44. The van der Waals surface area contributed by atoms with Crippen LogP contribution in [0.3, 0.4) is 0 Å². The molecule has 4 atom stereocenters. The minimum absolute atomic E-state index is 0.0176. The maximum absolute atomic E-state index is 16.2. The molecule has 0 saturated carbocycles. The van der Waals surface area contributed by atoms with Crippen molar-refractivity contribution in [3.05, 3.63) is 70.7 Å². The summed E-state index contributed by atoms with van der Waals surface area (Å²) in [5.41, 5.74) is 5.68. The van der Waals surface area contributed by atoms with Crippen LogP contribution in [0.4, 0.5) is 8.78 Å². The zero-order chi connectivity index (χ0) is 29.5. The van der Waals surface area contributed by atoms with Crippen LogP contribution < -0.4 is 15.2 Å². The quantitative estimate of drug-likeness (QED) is 0.310. The summed E-state index contributed by atoms with van der Waals surface area (Å²) in [6.45, 7) is 3.97. The second-order valence-electron chi connectivity index (χ2n) is 11.1. The summed E-state index contributed by atoms with van der Waals surface area (Å²) in [6, 6.07) is 11.8. The molecule has 7 nitrogen and oxygen atoms in total. The standard InChI is InChI=1S/C30H34BrF2N3O4S/c1-3-18(2)40-26-12-4-20-15-27(13-5-19(20)14-26)41(38,39)35-28(30(32,33)21-6-8-22(31)9-7-21)29(37)36-24-10-11-25(36)17-23(34)16-24/h4-9,12-15,18,23-25,28,35H,3,10-11,16-17,34H2,1-2H3/t18?,23?,24?,25?,28-/m1/s1. The minimum Gasteiger partial charge on any atom is -0.491 e. The summed E-state index contributed by atoms with van der Waals surface area (Å²) >= 11 is 3.24. The van der Waals surface area contributed by atoms with E-state index in [9.17, 15) is 13.2 Å². The topological polar surface area (TPSA) is 102 Å². The molecule has 3 aromatic rings. The molecule has 5 rings (SSSR count). The Morgan fingerprint density at radius 3 is 2.32 bits per heavy atom. The summed E-state index contributed by atoms with van der Waals surface area (Å²) in [7, 11) is -4.54. The van der Waals surface area contributed by atoms with Gasteiger partial charge in [-0.15, -0.1) is 0 Å². The number of carbonyl (C=O) groups excluding carboxylic acids is 1. The number of piperidine rings is 1. The average Bonchev–Trinajstić information content (AvgIpc) is 3.21. The molecule has 0 aliphatic carbocycles. The van der Waals surface area contributed by atoms with E-state index in [2.05, 4.69) is 20.7 Å². The molecule has 2 heterocycles. The number of amides is 1. The maximum Gasteiger partial charge on any atom is 0.298 e. The van der Waals surface area contributed by atoms with E-state index in [4.69, 9.17) is 10.5 Å². The second-order valence-corrected chi connectivity index (χ2v) is 13.7. The van der Waals surface area contributed by atoms with Crippen LogP contribution in [0, 0.1) is 0 Å². The van der Waals surface area contributed by atoms with Crippen molar-refractivity contribution in [1.82, 2.24) is 9.62 Å². The number of hydrogen-bond acceptors (Lipinski definition) is 5. The third kappa shape index (κ3) is 6.14. The molecule has 3 unspecified atom stereocenters. The molecule has 0 aromatic heterocycles. The van der Waals surface area contributed by atoms with Gasteiger partial charge in [-0.2, -0.15) is 13.5 Å². The molecular formula is C30H34BrF2N3O4S. The first-order valence-corrected chi connectivity index (χ1v) is 16.1. The van der Waals surface area contributed by atoms with E-state index in [1.54, 1.807) is 24.3 Å². The number of nitrogens with two attached hydrogens (primary N) is 1. The number of halogens is 3. The van der Waals surface area contributed by atoms with Gasteiger partial charge in [0.1, 0.15) is 5.75 Å². The Morgan fingerprint density at radius 2 is 1.68 bits per heavy atom. The molecule has 0 radical (unpaired) electrons. The smallest absolute Gasteiger partial charge is 0.298 e. The van der Waals surface area contributed by atoms with E-state index in [-0.39, 0.29) is 29.1 Å². The highest BCUT2D eigenvalue weighted by atomic mass is 79.9. The van der Waals surface area contributed by atoms with Crippen molar-refractivity contribution >= 4 is 42.6 Å². The Bertz CT molecular complexity index is 1520. The van der Waals surface area contributed by atoms with Crippen LogP contribution in [0.2, 0.25) is 0 Å². The first-order chi connectivity index (χ1) is 19.4. The molecule has 2 bridgehead atoms. The van der Waals surface area contributed by atoms with Crippen molar-refractivity contribution in [2.75, 3.05) is 0 Å². The number of carbonyl (C=O) groups is 1. The van der Waals surface area contributed by atoms with E-state index in [0.29, 0.717) is 41.3 Å². The molecule has 2 fully saturated rings. The largest absolute Gasteiger partial charge is 0.491 e. The number of ether oxygens (including phenoxy) is 1. The molecule has 11 heteroatoms. The van der Waals surface area contributed by atoms with E-state index < -0.39 is 33.5 Å². The lowest BCUT2D eigenvalue weighted by Crippen LogP contribution is -2.60. The molecule has 3 aromatic carbocycles. The fourth-order valence-corrected chi connectivity index (χ4v) is 7.32. The third-order valence-corrected chi connectivity index (χ3v) is 10.1. The molecular weight excluding hydrogens is 616 g/mol. The van der Waals surface area contributed by atoms with Gasteiger partial charge in [-0.05, 0) is 86.2 Å². The predicted molar refractivity (Wildman–Crippen MR) is 157 cm³/mol. The number of benzene rings is 3. The monoisotopic (exact) mass is 649 g/mol. The Morgan fingerprint density at radius 1 is 1.07 bits per heavy atom. The molecule has 2 aliphatic rings. The average molecular weight is 651 g/mol. The number of nitrogens with one attached hydrogen (secondary N) is 1. The zero-order valence-electron chi connectivity index (χ0n) is 22.9. The number of alkyl halides is 2.